The Balaban J connectivity index is 1.53. The molecule has 0 aliphatic carbocycles. The van der Waals surface area contributed by atoms with Crippen molar-refractivity contribution in [2.24, 2.45) is 5.10 Å². The zero-order chi connectivity index (χ0) is 30.6. The van der Waals surface area contributed by atoms with Gasteiger partial charge >= 0.3 is 0 Å². The molecule has 42 heavy (non-hydrogen) atoms. The van der Waals surface area contributed by atoms with Crippen LogP contribution in [-0.4, -0.2) is 82.6 Å². The number of halogens is 2. The van der Waals surface area contributed by atoms with Crippen LogP contribution in [0.4, 0.5) is 16.2 Å². The summed E-state index contributed by atoms with van der Waals surface area (Å²) in [5, 5.41) is 26.9. The van der Waals surface area contributed by atoms with Crippen molar-refractivity contribution < 1.29 is 19.1 Å². The molecule has 0 spiro atoms. The molecule has 15 heteroatoms. The number of amidine groups is 1. The molecule has 3 aromatic rings. The SMILES string of the molecule is CN/N=C(\C=N)Nc1ncc(Cl)c(-c2ccc3c(c2)C(=O)N([C@H](C)C(=O)N[C@H](CO)c2nc(N(C)C)ccc2F)C3)n1. The van der Waals surface area contributed by atoms with Gasteiger partial charge in [-0.25, -0.2) is 19.3 Å². The molecule has 5 N–H and O–H groups in total. The van der Waals surface area contributed by atoms with Gasteiger partial charge in [0.1, 0.15) is 23.4 Å². The predicted octanol–water partition coefficient (Wildman–Crippen LogP) is 2.19. The number of hydrogen-bond donors (Lipinski definition) is 5. The van der Waals surface area contributed by atoms with Crippen molar-refractivity contribution in [3.8, 4) is 11.3 Å². The molecule has 1 aliphatic rings. The van der Waals surface area contributed by atoms with Gasteiger partial charge in [-0.05, 0) is 30.7 Å². The smallest absolute Gasteiger partial charge is 0.255 e. The number of carbonyl (C=O) groups is 2. The summed E-state index contributed by atoms with van der Waals surface area (Å²) < 4.78 is 14.6. The van der Waals surface area contributed by atoms with Crippen LogP contribution in [0.1, 0.15) is 34.6 Å². The van der Waals surface area contributed by atoms with Gasteiger partial charge in [-0.15, -0.1) is 0 Å². The topological polar surface area (TPSA) is 172 Å². The third-order valence-corrected chi connectivity index (χ3v) is 6.84. The second kappa shape index (κ2) is 12.9. The molecule has 1 aliphatic heterocycles. The van der Waals surface area contributed by atoms with E-state index in [1.807, 2.05) is 0 Å². The average molecular weight is 597 g/mol. The lowest BCUT2D eigenvalue weighted by Gasteiger charge is -2.26. The second-order valence-electron chi connectivity index (χ2n) is 9.54. The van der Waals surface area contributed by atoms with E-state index in [1.54, 1.807) is 51.2 Å². The zero-order valence-electron chi connectivity index (χ0n) is 23.3. The normalized spacial score (nSPS) is 14.2. The molecule has 0 fully saturated rings. The van der Waals surface area contributed by atoms with Gasteiger partial charge in [-0.2, -0.15) is 5.10 Å². The molecular formula is C27H30ClFN10O3. The maximum absolute atomic E-state index is 14.6. The van der Waals surface area contributed by atoms with Gasteiger partial charge in [0, 0.05) is 38.8 Å². The van der Waals surface area contributed by atoms with Crippen LogP contribution in [0.3, 0.4) is 0 Å². The van der Waals surface area contributed by atoms with E-state index < -0.39 is 30.4 Å². The number of pyridine rings is 1. The molecule has 13 nitrogen and oxygen atoms in total. The summed E-state index contributed by atoms with van der Waals surface area (Å²) in [5.41, 5.74) is 4.43. The molecular weight excluding hydrogens is 567 g/mol. The van der Waals surface area contributed by atoms with Crippen molar-refractivity contribution in [3.05, 3.63) is 64.2 Å². The lowest BCUT2D eigenvalue weighted by Crippen LogP contribution is -2.47. The van der Waals surface area contributed by atoms with Crippen LogP contribution in [0.5, 0.6) is 0 Å². The minimum atomic E-state index is -1.11. The first-order valence-electron chi connectivity index (χ1n) is 12.8. The fraction of sp³-hybridized carbons (Fsp3) is 0.296. The molecule has 0 saturated heterocycles. The van der Waals surface area contributed by atoms with E-state index >= 15 is 0 Å². The van der Waals surface area contributed by atoms with Gasteiger partial charge in [0.25, 0.3) is 5.91 Å². The van der Waals surface area contributed by atoms with Crippen molar-refractivity contribution in [2.45, 2.75) is 25.6 Å². The number of amides is 2. The third kappa shape index (κ3) is 6.29. The summed E-state index contributed by atoms with van der Waals surface area (Å²) in [6.07, 6.45) is 2.38. The summed E-state index contributed by atoms with van der Waals surface area (Å²) in [5.74, 6) is -0.858. The summed E-state index contributed by atoms with van der Waals surface area (Å²) >= 11 is 6.38. The van der Waals surface area contributed by atoms with Crippen LogP contribution in [0.15, 0.2) is 41.6 Å². The Hall–Kier alpha value is -4.69. The van der Waals surface area contributed by atoms with Crippen LogP contribution in [0.25, 0.3) is 11.3 Å². The predicted molar refractivity (Wildman–Crippen MR) is 157 cm³/mol. The molecule has 4 rings (SSSR count). The van der Waals surface area contributed by atoms with Crippen LogP contribution in [0, 0.1) is 11.2 Å². The largest absolute Gasteiger partial charge is 0.394 e. The lowest BCUT2D eigenvalue weighted by molar-refractivity contribution is -0.126. The number of carbonyl (C=O) groups excluding carboxylic acids is 2. The number of nitrogens with one attached hydrogen (secondary N) is 4. The number of aliphatic hydroxyl groups excluding tert-OH is 1. The van der Waals surface area contributed by atoms with Crippen molar-refractivity contribution in [2.75, 3.05) is 38.0 Å². The fourth-order valence-electron chi connectivity index (χ4n) is 4.32. The first kappa shape index (κ1) is 30.3. The Labute approximate surface area is 246 Å². The van der Waals surface area contributed by atoms with E-state index in [4.69, 9.17) is 17.0 Å². The van der Waals surface area contributed by atoms with Crippen molar-refractivity contribution in [1.82, 2.24) is 30.6 Å². The number of anilines is 2. The fourth-order valence-corrected chi connectivity index (χ4v) is 4.52. The highest BCUT2D eigenvalue weighted by Crippen LogP contribution is 2.32. The average Bonchev–Trinajstić information content (AvgIpc) is 3.31. The number of hydrogen-bond acceptors (Lipinski definition) is 10. The van der Waals surface area contributed by atoms with Gasteiger partial charge < -0.3 is 36.4 Å². The number of fused-ring (bicyclic) bond motifs is 1. The molecule has 2 atom stereocenters. The quantitative estimate of drug-likeness (QED) is 0.134. The Bertz CT molecular complexity index is 1550. The number of nitrogens with zero attached hydrogens (tertiary/aromatic N) is 6. The summed E-state index contributed by atoms with van der Waals surface area (Å²) in [6.45, 7) is 1.14. The van der Waals surface area contributed by atoms with Gasteiger partial charge in [0.05, 0.1) is 35.8 Å². The third-order valence-electron chi connectivity index (χ3n) is 6.56. The minimum absolute atomic E-state index is 0.106. The maximum Gasteiger partial charge on any atom is 0.255 e. The van der Waals surface area contributed by atoms with E-state index in [9.17, 15) is 19.1 Å². The second-order valence-corrected chi connectivity index (χ2v) is 9.94. The minimum Gasteiger partial charge on any atom is -0.394 e. The Morgan fingerprint density at radius 2 is 2.07 bits per heavy atom. The van der Waals surface area contributed by atoms with Crippen LogP contribution in [0.2, 0.25) is 5.02 Å². The van der Waals surface area contributed by atoms with Crippen LogP contribution < -0.4 is 21.0 Å². The number of aliphatic hydroxyl groups is 1. The van der Waals surface area contributed by atoms with E-state index in [2.05, 4.69) is 36.1 Å². The molecule has 0 saturated carbocycles. The summed E-state index contributed by atoms with van der Waals surface area (Å²) in [6, 6.07) is 5.82. The molecule has 220 valence electrons. The molecule has 0 bridgehead atoms. The Kier molecular flexibility index (Phi) is 9.28. The monoisotopic (exact) mass is 596 g/mol. The van der Waals surface area contributed by atoms with Gasteiger partial charge in [-0.3, -0.25) is 9.59 Å². The van der Waals surface area contributed by atoms with Gasteiger partial charge in [-0.1, -0.05) is 23.7 Å². The van der Waals surface area contributed by atoms with Gasteiger partial charge in [0.2, 0.25) is 11.9 Å². The molecule has 1 aromatic carbocycles. The Morgan fingerprint density at radius 1 is 1.31 bits per heavy atom. The van der Waals surface area contributed by atoms with Crippen LogP contribution >= 0.6 is 11.6 Å². The van der Waals surface area contributed by atoms with Crippen LogP contribution in [-0.2, 0) is 11.3 Å². The first-order chi connectivity index (χ1) is 20.1. The van der Waals surface area contributed by atoms with E-state index in [0.29, 0.717) is 28.2 Å². The maximum atomic E-state index is 14.6. The number of rotatable bonds is 10. The summed E-state index contributed by atoms with van der Waals surface area (Å²) in [7, 11) is 5.06. The standard InChI is InChI=1S/C27H30ClFN10O3/c1-14(25(41)33-20(13-40)24-19(29)7-8-22(35-24)38(3)4)39-12-16-6-5-15(9-17(16)26(39)42)23-18(28)11-32-27(36-23)34-21(10-30)37-31-2/h5-11,14,20,30-31,40H,12-13H2,1-4H3,(H,33,41)(H,32,34,36,37)/t14-,20-/m1/s1. The van der Waals surface area contributed by atoms with E-state index in [-0.39, 0.29) is 35.0 Å². The zero-order valence-corrected chi connectivity index (χ0v) is 24.1. The van der Waals surface area contributed by atoms with Gasteiger partial charge in [0.15, 0.2) is 5.84 Å². The van der Waals surface area contributed by atoms with E-state index in [0.717, 1.165) is 6.21 Å². The molecule has 2 aromatic heterocycles. The molecule has 0 radical (unpaired) electrons. The van der Waals surface area contributed by atoms with Crippen molar-refractivity contribution in [1.29, 1.82) is 5.41 Å². The molecule has 3 heterocycles. The Morgan fingerprint density at radius 3 is 2.74 bits per heavy atom. The highest BCUT2D eigenvalue weighted by molar-refractivity contribution is 6.34. The van der Waals surface area contributed by atoms with Crippen molar-refractivity contribution >= 4 is 47.2 Å². The number of hydrazone groups is 1. The van der Waals surface area contributed by atoms with Crippen molar-refractivity contribution in [3.63, 3.8) is 0 Å². The summed E-state index contributed by atoms with van der Waals surface area (Å²) in [4.78, 5) is 42.4. The number of aromatic nitrogens is 3. The van der Waals surface area contributed by atoms with E-state index in [1.165, 1.54) is 23.2 Å². The molecule has 2 amide bonds. The first-order valence-corrected chi connectivity index (χ1v) is 13.2. The highest BCUT2D eigenvalue weighted by Gasteiger charge is 2.35. The lowest BCUT2D eigenvalue weighted by atomic mass is 10.0. The number of benzene rings is 1. The highest BCUT2D eigenvalue weighted by atomic mass is 35.5. The molecule has 0 unspecified atom stereocenters.